The van der Waals surface area contributed by atoms with Crippen LogP contribution in [0, 0.1) is 0 Å². The Bertz CT molecular complexity index is 1040. The molecule has 29 heavy (non-hydrogen) atoms. The maximum Gasteiger partial charge on any atom is 0.220 e. The van der Waals surface area contributed by atoms with Crippen molar-refractivity contribution >= 4 is 5.91 Å². The lowest BCUT2D eigenvalue weighted by Crippen LogP contribution is -2.22. The summed E-state index contributed by atoms with van der Waals surface area (Å²) in [5, 5.41) is 22.3. The zero-order chi connectivity index (χ0) is 19.9. The number of nitrogens with zero attached hydrogens (tertiary/aromatic N) is 5. The van der Waals surface area contributed by atoms with Gasteiger partial charge in [0.1, 0.15) is 0 Å². The summed E-state index contributed by atoms with van der Waals surface area (Å²) < 4.78 is 0. The number of amides is 1. The Morgan fingerprint density at radius 3 is 2.59 bits per heavy atom. The highest BCUT2D eigenvalue weighted by Gasteiger charge is 2.07. The van der Waals surface area contributed by atoms with Crippen molar-refractivity contribution in [3.05, 3.63) is 72.4 Å². The summed E-state index contributed by atoms with van der Waals surface area (Å²) in [7, 11) is 0. The highest BCUT2D eigenvalue weighted by molar-refractivity contribution is 5.75. The third-order valence-electron chi connectivity index (χ3n) is 4.50. The number of hydrogen-bond donors (Lipinski definition) is 2. The monoisotopic (exact) mass is 387 g/mol. The number of aromatic nitrogens is 6. The molecule has 0 atom stereocenters. The molecule has 0 aliphatic carbocycles. The van der Waals surface area contributed by atoms with Crippen molar-refractivity contribution in [3.8, 4) is 22.6 Å². The van der Waals surface area contributed by atoms with E-state index in [0.29, 0.717) is 31.8 Å². The van der Waals surface area contributed by atoms with Crippen molar-refractivity contribution in [2.75, 3.05) is 0 Å². The molecule has 0 saturated heterocycles. The molecule has 0 fully saturated rings. The van der Waals surface area contributed by atoms with Gasteiger partial charge in [-0.05, 0) is 28.8 Å². The van der Waals surface area contributed by atoms with E-state index in [1.165, 1.54) is 4.80 Å². The lowest BCUT2D eigenvalue weighted by atomic mass is 10.1. The van der Waals surface area contributed by atoms with Crippen LogP contribution in [0.4, 0.5) is 0 Å². The van der Waals surface area contributed by atoms with Gasteiger partial charge in [-0.3, -0.25) is 9.89 Å². The fourth-order valence-electron chi connectivity index (χ4n) is 2.93. The van der Waals surface area contributed by atoms with Gasteiger partial charge >= 0.3 is 0 Å². The molecule has 4 aromatic rings. The molecule has 0 radical (unpaired) electrons. The summed E-state index contributed by atoms with van der Waals surface area (Å²) >= 11 is 0. The Hall–Kier alpha value is -3.81. The highest BCUT2D eigenvalue weighted by atomic mass is 16.1. The lowest BCUT2D eigenvalue weighted by Gasteiger charge is -2.06. The van der Waals surface area contributed by atoms with Crippen LogP contribution in [0.3, 0.4) is 0 Å². The normalized spacial score (nSPS) is 10.8. The van der Waals surface area contributed by atoms with Crippen molar-refractivity contribution in [1.82, 2.24) is 35.7 Å². The van der Waals surface area contributed by atoms with E-state index in [9.17, 15) is 4.79 Å². The molecular formula is C21H21N7O. The third-order valence-corrected chi connectivity index (χ3v) is 4.50. The van der Waals surface area contributed by atoms with E-state index >= 15 is 0 Å². The molecule has 8 nitrogen and oxygen atoms in total. The molecule has 0 aliphatic rings. The van der Waals surface area contributed by atoms with Crippen LogP contribution in [0.2, 0.25) is 0 Å². The molecule has 0 aliphatic heterocycles. The highest BCUT2D eigenvalue weighted by Crippen LogP contribution is 2.16. The molecule has 2 aromatic heterocycles. The first-order valence-electron chi connectivity index (χ1n) is 9.46. The minimum absolute atomic E-state index is 0.00559. The third kappa shape index (κ3) is 4.92. The molecule has 146 valence electrons. The van der Waals surface area contributed by atoms with E-state index in [4.69, 9.17) is 0 Å². The second-order valence-corrected chi connectivity index (χ2v) is 6.62. The Labute approximate surface area is 168 Å². The second-order valence-electron chi connectivity index (χ2n) is 6.62. The number of aryl methyl sites for hydroxylation is 1. The van der Waals surface area contributed by atoms with Gasteiger partial charge in [0.2, 0.25) is 11.7 Å². The van der Waals surface area contributed by atoms with Gasteiger partial charge in [-0.2, -0.15) is 9.90 Å². The van der Waals surface area contributed by atoms with Crippen LogP contribution in [0.5, 0.6) is 0 Å². The van der Waals surface area contributed by atoms with Gasteiger partial charge < -0.3 is 5.32 Å². The topological polar surface area (TPSA) is 101 Å². The molecule has 0 bridgehead atoms. The summed E-state index contributed by atoms with van der Waals surface area (Å²) in [5.74, 6) is 0.597. The van der Waals surface area contributed by atoms with Crippen molar-refractivity contribution in [2.24, 2.45) is 0 Å². The average Bonchev–Trinajstić information content (AvgIpc) is 3.46. The van der Waals surface area contributed by atoms with Crippen molar-refractivity contribution < 1.29 is 4.79 Å². The fraction of sp³-hybridized carbons (Fsp3) is 0.190. The Morgan fingerprint density at radius 1 is 1.00 bits per heavy atom. The summed E-state index contributed by atoms with van der Waals surface area (Å²) in [6, 6.07) is 19.6. The summed E-state index contributed by atoms with van der Waals surface area (Å²) in [4.78, 5) is 13.6. The van der Waals surface area contributed by atoms with Crippen LogP contribution in [0.25, 0.3) is 22.6 Å². The summed E-state index contributed by atoms with van der Waals surface area (Å²) in [5.41, 5.74) is 4.01. The van der Waals surface area contributed by atoms with Gasteiger partial charge in [0.15, 0.2) is 0 Å². The zero-order valence-corrected chi connectivity index (χ0v) is 15.8. The van der Waals surface area contributed by atoms with Gasteiger partial charge in [0.05, 0.1) is 12.2 Å². The SMILES string of the molecule is O=C(CCCn1nnc(-c2ccccc2)n1)NCc1ccc(-c2ccn[nH]2)cc1. The molecule has 0 saturated carbocycles. The predicted molar refractivity (Wildman–Crippen MR) is 108 cm³/mol. The van der Waals surface area contributed by atoms with Gasteiger partial charge in [0.25, 0.3) is 0 Å². The van der Waals surface area contributed by atoms with Crippen LogP contribution >= 0.6 is 0 Å². The number of carbonyl (C=O) groups is 1. The van der Waals surface area contributed by atoms with Gasteiger partial charge in [-0.25, -0.2) is 0 Å². The average molecular weight is 387 g/mol. The maximum atomic E-state index is 12.1. The number of rotatable bonds is 8. The second kappa shape index (κ2) is 8.92. The van der Waals surface area contributed by atoms with Crippen molar-refractivity contribution in [2.45, 2.75) is 25.9 Å². The standard InChI is InChI=1S/C21H21N7O/c29-20(22-15-16-8-10-17(11-9-16)19-12-13-23-24-19)7-4-14-28-26-21(25-27-28)18-5-2-1-3-6-18/h1-3,5-6,8-13H,4,7,14-15H2,(H,22,29)(H,23,24). The number of carbonyl (C=O) groups excluding carboxylic acids is 1. The molecule has 1 amide bonds. The number of hydrogen-bond acceptors (Lipinski definition) is 5. The Morgan fingerprint density at radius 2 is 1.83 bits per heavy atom. The number of aromatic amines is 1. The quantitative estimate of drug-likeness (QED) is 0.484. The largest absolute Gasteiger partial charge is 0.352 e. The van der Waals surface area contributed by atoms with Gasteiger partial charge in [-0.1, -0.05) is 54.6 Å². The molecular weight excluding hydrogens is 366 g/mol. The fourth-order valence-corrected chi connectivity index (χ4v) is 2.93. The number of H-pyrrole nitrogens is 1. The molecule has 8 heteroatoms. The van der Waals surface area contributed by atoms with Gasteiger partial charge in [0, 0.05) is 24.7 Å². The van der Waals surface area contributed by atoms with Crippen molar-refractivity contribution in [3.63, 3.8) is 0 Å². The molecule has 0 unspecified atom stereocenters. The number of tetrazole rings is 1. The molecule has 4 rings (SSSR count). The minimum Gasteiger partial charge on any atom is -0.352 e. The Kier molecular flexibility index (Phi) is 5.70. The Balaban J connectivity index is 1.20. The van der Waals surface area contributed by atoms with E-state index in [2.05, 4.69) is 30.9 Å². The number of nitrogens with one attached hydrogen (secondary N) is 2. The summed E-state index contributed by atoms with van der Waals surface area (Å²) in [6.07, 6.45) is 2.78. The van der Waals surface area contributed by atoms with E-state index in [0.717, 1.165) is 22.4 Å². The smallest absolute Gasteiger partial charge is 0.220 e. The first kappa shape index (κ1) is 18.5. The summed E-state index contributed by atoms with van der Waals surface area (Å²) in [6.45, 7) is 1.05. The first-order chi connectivity index (χ1) is 14.3. The molecule has 0 spiro atoms. The van der Waals surface area contributed by atoms with Crippen LogP contribution in [-0.2, 0) is 17.9 Å². The van der Waals surface area contributed by atoms with Crippen LogP contribution in [0.1, 0.15) is 18.4 Å². The van der Waals surface area contributed by atoms with E-state index in [-0.39, 0.29) is 5.91 Å². The number of benzene rings is 2. The van der Waals surface area contributed by atoms with Gasteiger partial charge in [-0.15, -0.1) is 10.2 Å². The molecule has 2 N–H and O–H groups in total. The minimum atomic E-state index is 0.00559. The van der Waals surface area contributed by atoms with Crippen molar-refractivity contribution in [1.29, 1.82) is 0 Å². The zero-order valence-electron chi connectivity index (χ0n) is 15.8. The first-order valence-corrected chi connectivity index (χ1v) is 9.46. The van der Waals surface area contributed by atoms with Crippen LogP contribution in [-0.4, -0.2) is 36.3 Å². The van der Waals surface area contributed by atoms with Crippen LogP contribution < -0.4 is 5.32 Å². The van der Waals surface area contributed by atoms with E-state index in [1.54, 1.807) is 6.20 Å². The van der Waals surface area contributed by atoms with E-state index in [1.807, 2.05) is 60.7 Å². The van der Waals surface area contributed by atoms with E-state index < -0.39 is 0 Å². The molecule has 2 heterocycles. The predicted octanol–water partition coefficient (Wildman–Crippen LogP) is 2.83. The van der Waals surface area contributed by atoms with Crippen LogP contribution in [0.15, 0.2) is 66.9 Å². The molecule has 2 aromatic carbocycles. The lowest BCUT2D eigenvalue weighted by molar-refractivity contribution is -0.121. The maximum absolute atomic E-state index is 12.1.